The highest BCUT2D eigenvalue weighted by Gasteiger charge is 2.29. The molecular weight excluding hydrogens is 321 g/mol. The molecule has 0 bridgehead atoms. The van der Waals surface area contributed by atoms with Crippen LogP contribution in [0.2, 0.25) is 0 Å². The highest BCUT2D eigenvalue weighted by molar-refractivity contribution is 5.96. The van der Waals surface area contributed by atoms with E-state index in [-0.39, 0.29) is 18.2 Å². The molecule has 0 aliphatic carbocycles. The number of hydrogen-bond acceptors (Lipinski definition) is 2. The highest BCUT2D eigenvalue weighted by atomic mass is 19.4. The lowest BCUT2D eigenvalue weighted by Gasteiger charge is -2.08. The monoisotopic (exact) mass is 336 g/mol. The van der Waals surface area contributed by atoms with Gasteiger partial charge in [0.25, 0.3) is 5.91 Å². The summed E-state index contributed by atoms with van der Waals surface area (Å²) in [5.41, 5.74) is 0.678. The number of hydrogen-bond donors (Lipinski definition) is 2. The number of carbonyl (C=O) groups is 2. The third-order valence-corrected chi connectivity index (χ3v) is 3.30. The number of amides is 2. The Morgan fingerprint density at radius 1 is 0.958 bits per heavy atom. The van der Waals surface area contributed by atoms with E-state index in [1.165, 1.54) is 19.2 Å². The van der Waals surface area contributed by atoms with Gasteiger partial charge < -0.3 is 10.6 Å². The molecule has 0 aliphatic heterocycles. The van der Waals surface area contributed by atoms with Crippen molar-refractivity contribution in [3.05, 3.63) is 65.2 Å². The van der Waals surface area contributed by atoms with Gasteiger partial charge in [0.2, 0.25) is 5.91 Å². The van der Waals surface area contributed by atoms with Gasteiger partial charge in [-0.3, -0.25) is 9.59 Å². The van der Waals surface area contributed by atoms with Gasteiger partial charge in [0.05, 0.1) is 12.0 Å². The van der Waals surface area contributed by atoms with E-state index in [0.717, 1.165) is 12.1 Å². The molecule has 0 spiro atoms. The van der Waals surface area contributed by atoms with Crippen LogP contribution in [0.3, 0.4) is 0 Å². The largest absolute Gasteiger partial charge is 0.416 e. The molecule has 0 aromatic heterocycles. The third kappa shape index (κ3) is 4.58. The van der Waals surface area contributed by atoms with E-state index >= 15 is 0 Å². The van der Waals surface area contributed by atoms with Gasteiger partial charge in [-0.15, -0.1) is 0 Å². The van der Waals surface area contributed by atoms with Crippen LogP contribution in [0.15, 0.2) is 48.5 Å². The zero-order valence-electron chi connectivity index (χ0n) is 12.8. The molecule has 2 amide bonds. The molecule has 4 nitrogen and oxygen atoms in total. The van der Waals surface area contributed by atoms with E-state index in [4.69, 9.17) is 0 Å². The second kappa shape index (κ2) is 7.16. The zero-order chi connectivity index (χ0) is 17.7. The van der Waals surface area contributed by atoms with Crippen molar-refractivity contribution in [2.45, 2.75) is 12.6 Å². The SMILES string of the molecule is CNC(=O)c1ccc(NC(=O)Cc2ccc(C(F)(F)F)cc2)cc1. The summed E-state index contributed by atoms with van der Waals surface area (Å²) in [6, 6.07) is 10.7. The lowest BCUT2D eigenvalue weighted by atomic mass is 10.1. The maximum absolute atomic E-state index is 12.5. The second-order valence-corrected chi connectivity index (χ2v) is 5.08. The average Bonchev–Trinajstić information content (AvgIpc) is 2.54. The van der Waals surface area contributed by atoms with E-state index < -0.39 is 11.7 Å². The minimum Gasteiger partial charge on any atom is -0.355 e. The number of nitrogens with one attached hydrogen (secondary N) is 2. The Balaban J connectivity index is 1.97. The highest BCUT2D eigenvalue weighted by Crippen LogP contribution is 2.29. The van der Waals surface area contributed by atoms with Crippen molar-refractivity contribution in [2.75, 3.05) is 12.4 Å². The maximum atomic E-state index is 12.5. The van der Waals surface area contributed by atoms with Crippen molar-refractivity contribution in [3.8, 4) is 0 Å². The molecule has 0 saturated carbocycles. The zero-order valence-corrected chi connectivity index (χ0v) is 12.8. The number of halogens is 3. The van der Waals surface area contributed by atoms with E-state index in [2.05, 4.69) is 10.6 Å². The summed E-state index contributed by atoms with van der Waals surface area (Å²) < 4.78 is 37.4. The van der Waals surface area contributed by atoms with E-state index in [1.54, 1.807) is 24.3 Å². The molecule has 7 heteroatoms. The molecule has 0 unspecified atom stereocenters. The van der Waals surface area contributed by atoms with Gasteiger partial charge in [0.15, 0.2) is 0 Å². The lowest BCUT2D eigenvalue weighted by molar-refractivity contribution is -0.137. The summed E-state index contributed by atoms with van der Waals surface area (Å²) in [7, 11) is 1.52. The Morgan fingerprint density at radius 2 is 1.54 bits per heavy atom. The molecule has 24 heavy (non-hydrogen) atoms. The number of carbonyl (C=O) groups excluding carboxylic acids is 2. The van der Waals surface area contributed by atoms with Gasteiger partial charge in [-0.1, -0.05) is 12.1 Å². The second-order valence-electron chi connectivity index (χ2n) is 5.08. The molecule has 0 heterocycles. The first kappa shape index (κ1) is 17.5. The van der Waals surface area contributed by atoms with Crippen LogP contribution in [0.5, 0.6) is 0 Å². The van der Waals surface area contributed by atoms with Crippen molar-refractivity contribution in [1.29, 1.82) is 0 Å². The molecule has 2 aromatic carbocycles. The molecule has 0 fully saturated rings. The van der Waals surface area contributed by atoms with Crippen molar-refractivity contribution in [3.63, 3.8) is 0 Å². The van der Waals surface area contributed by atoms with Crippen LogP contribution in [0.4, 0.5) is 18.9 Å². The quantitative estimate of drug-likeness (QED) is 0.900. The molecule has 0 saturated heterocycles. The Labute approximate surface area is 136 Å². The van der Waals surface area contributed by atoms with Crippen molar-refractivity contribution in [1.82, 2.24) is 5.32 Å². The van der Waals surface area contributed by atoms with E-state index in [0.29, 0.717) is 16.8 Å². The van der Waals surface area contributed by atoms with Gasteiger partial charge in [-0.25, -0.2) is 0 Å². The molecular formula is C17H15F3N2O2. The van der Waals surface area contributed by atoms with Gasteiger partial charge in [-0.05, 0) is 42.0 Å². The van der Waals surface area contributed by atoms with Gasteiger partial charge in [-0.2, -0.15) is 13.2 Å². The summed E-state index contributed by atoms with van der Waals surface area (Å²) in [6.07, 6.45) is -4.44. The van der Waals surface area contributed by atoms with Gasteiger partial charge in [0, 0.05) is 18.3 Å². The summed E-state index contributed by atoms with van der Waals surface area (Å²) in [4.78, 5) is 23.3. The first-order chi connectivity index (χ1) is 11.3. The number of anilines is 1. The summed E-state index contributed by atoms with van der Waals surface area (Å²) in [6.45, 7) is 0. The number of alkyl halides is 3. The normalized spacial score (nSPS) is 11.0. The van der Waals surface area contributed by atoms with E-state index in [9.17, 15) is 22.8 Å². The predicted molar refractivity (Wildman–Crippen MR) is 83.6 cm³/mol. The summed E-state index contributed by atoms with van der Waals surface area (Å²) in [5.74, 6) is -0.597. The van der Waals surface area contributed by atoms with Gasteiger partial charge >= 0.3 is 6.18 Å². The topological polar surface area (TPSA) is 58.2 Å². The van der Waals surface area contributed by atoms with Crippen molar-refractivity contribution < 1.29 is 22.8 Å². The van der Waals surface area contributed by atoms with Crippen LogP contribution >= 0.6 is 0 Å². The van der Waals surface area contributed by atoms with Crippen LogP contribution in [-0.2, 0) is 17.4 Å². The van der Waals surface area contributed by atoms with Gasteiger partial charge in [0.1, 0.15) is 0 Å². The fourth-order valence-corrected chi connectivity index (χ4v) is 2.05. The number of rotatable bonds is 4. The molecule has 2 N–H and O–H groups in total. The smallest absolute Gasteiger partial charge is 0.355 e. The van der Waals surface area contributed by atoms with Crippen LogP contribution in [0, 0.1) is 0 Å². The van der Waals surface area contributed by atoms with Crippen LogP contribution in [0.1, 0.15) is 21.5 Å². The summed E-state index contributed by atoms with van der Waals surface area (Å²) >= 11 is 0. The first-order valence-corrected chi connectivity index (χ1v) is 7.08. The molecule has 0 aliphatic rings. The maximum Gasteiger partial charge on any atom is 0.416 e. The van der Waals surface area contributed by atoms with Crippen molar-refractivity contribution >= 4 is 17.5 Å². The van der Waals surface area contributed by atoms with Crippen LogP contribution < -0.4 is 10.6 Å². The fraction of sp³-hybridized carbons (Fsp3) is 0.176. The Kier molecular flexibility index (Phi) is 5.23. The first-order valence-electron chi connectivity index (χ1n) is 7.08. The van der Waals surface area contributed by atoms with Crippen LogP contribution in [0.25, 0.3) is 0 Å². The molecule has 0 radical (unpaired) electrons. The predicted octanol–water partition coefficient (Wildman–Crippen LogP) is 3.25. The average molecular weight is 336 g/mol. The Morgan fingerprint density at radius 3 is 2.04 bits per heavy atom. The van der Waals surface area contributed by atoms with Crippen molar-refractivity contribution in [2.24, 2.45) is 0 Å². The van der Waals surface area contributed by atoms with Crippen LogP contribution in [-0.4, -0.2) is 18.9 Å². The number of benzene rings is 2. The molecule has 126 valence electrons. The van der Waals surface area contributed by atoms with E-state index in [1.807, 2.05) is 0 Å². The third-order valence-electron chi connectivity index (χ3n) is 3.30. The minimum atomic E-state index is -4.40. The Bertz CT molecular complexity index is 723. The molecule has 0 atom stereocenters. The Hall–Kier alpha value is -2.83. The standard InChI is InChI=1S/C17H15F3N2O2/c1-21-16(24)12-4-8-14(9-5-12)22-15(23)10-11-2-6-13(7-3-11)17(18,19)20/h2-9H,10H2,1H3,(H,21,24)(H,22,23). The summed E-state index contributed by atoms with van der Waals surface area (Å²) in [5, 5.41) is 5.11. The lowest BCUT2D eigenvalue weighted by Crippen LogP contribution is -2.18. The minimum absolute atomic E-state index is 0.0463. The fourth-order valence-electron chi connectivity index (χ4n) is 2.05. The molecule has 2 rings (SSSR count). The molecule has 2 aromatic rings.